The van der Waals surface area contributed by atoms with Crippen molar-refractivity contribution >= 4 is 9.04 Å². The first kappa shape index (κ1) is 29.7. The van der Waals surface area contributed by atoms with Gasteiger partial charge in [-0.05, 0) is 12.3 Å². The average molecular weight is 558 g/mol. The molecule has 0 fully saturated rings. The van der Waals surface area contributed by atoms with Crippen LogP contribution in [0.1, 0.15) is 97.0 Å². The first-order valence-electron chi connectivity index (χ1n) is 11.3. The molecule has 1 aromatic rings. The Kier molecular flexibility index (Phi) is 19.8. The molecule has 1 atom stereocenters. The first-order valence-corrected chi connectivity index (χ1v) is 14.5. The van der Waals surface area contributed by atoms with E-state index in [1.54, 1.807) is 0 Å². The van der Waals surface area contributed by atoms with Crippen LogP contribution in [0.15, 0.2) is 24.3 Å². The third-order valence-electron chi connectivity index (χ3n) is 5.04. The van der Waals surface area contributed by atoms with Crippen molar-refractivity contribution in [1.29, 1.82) is 0 Å². The Hall–Kier alpha value is 0.681. The van der Waals surface area contributed by atoms with Crippen molar-refractivity contribution in [2.24, 2.45) is 5.92 Å². The van der Waals surface area contributed by atoms with Crippen LogP contribution in [0.4, 0.5) is 0 Å². The average Bonchev–Trinajstić information content (AvgIpc) is 2.68. The zero-order chi connectivity index (χ0) is 22.0. The minimum atomic E-state index is -4.26. The molecule has 1 unspecified atom stereocenters. The van der Waals surface area contributed by atoms with Crippen molar-refractivity contribution < 1.29 is 57.6 Å². The molecule has 4 nitrogen and oxygen atoms in total. The molecule has 167 valence electrons. The van der Waals surface area contributed by atoms with Crippen molar-refractivity contribution in [1.82, 2.24) is 0 Å². The molecule has 0 heterocycles. The molecule has 0 bridgehead atoms. The zero-order valence-corrected chi connectivity index (χ0v) is 22.8. The standard InChI is InChI=1S/C15H23.C8H19O4P.Nd/c1-2-3-4-5-6-7-9-12-15-13-10-8-11-14-15;1-3-5-6-8(4-2)7-12-13(9,10)11;/h10-11,13-14H,2-7,9,12H2,1H3;8H,3-7H2,1-2H3,(H2,9,10,11);. The van der Waals surface area contributed by atoms with Gasteiger partial charge in [0.1, 0.15) is 0 Å². The van der Waals surface area contributed by atoms with Gasteiger partial charge in [0.15, 0.2) is 0 Å². The summed E-state index contributed by atoms with van der Waals surface area (Å²) in [5.74, 6) is 0.271. The van der Waals surface area contributed by atoms with E-state index in [0.717, 1.165) is 25.7 Å². The number of rotatable bonds is 15. The van der Waals surface area contributed by atoms with Crippen molar-refractivity contribution in [3.8, 4) is 0 Å². The van der Waals surface area contributed by atoms with Crippen LogP contribution in [0, 0.1) is 44.7 Å². The molecule has 0 saturated heterocycles. The molecule has 1 rings (SSSR count). The second kappa shape index (κ2) is 19.4. The monoisotopic (exact) mass is 555 g/mol. The van der Waals surface area contributed by atoms with Crippen molar-refractivity contribution in [2.75, 3.05) is 6.61 Å². The fraction of sp³-hybridized carbons (Fsp3) is 0.739. The number of benzene rings is 1. The predicted octanol–water partition coefficient (Wildman–Crippen LogP) is 6.47. The molecular weight excluding hydrogens is 515 g/mol. The van der Waals surface area contributed by atoms with Gasteiger partial charge < -0.3 is 9.79 Å². The molecule has 0 aliphatic heterocycles. The van der Waals surface area contributed by atoms with Gasteiger partial charge in [-0.2, -0.15) is 0 Å². The molecule has 0 amide bonds. The third-order valence-corrected chi connectivity index (χ3v) is 6.60. The van der Waals surface area contributed by atoms with E-state index in [9.17, 15) is 4.57 Å². The molecule has 6 heteroatoms. The molecule has 29 heavy (non-hydrogen) atoms. The summed E-state index contributed by atoms with van der Waals surface area (Å²) in [6.07, 6.45) is 15.2. The maximum absolute atomic E-state index is 10.4. The Balaban J connectivity index is 0.000000555. The van der Waals surface area contributed by atoms with E-state index in [-0.39, 0.29) is 12.5 Å². The molecular formula is C23H42NdO4P. The van der Waals surface area contributed by atoms with Gasteiger partial charge >= 0.3 is 129 Å². The van der Waals surface area contributed by atoms with Crippen LogP contribution in [-0.2, 0) is 15.5 Å². The van der Waals surface area contributed by atoms with E-state index in [1.165, 1.54) is 96.9 Å². The molecule has 2 N–H and O–H groups in total. The topological polar surface area (TPSA) is 66.8 Å². The van der Waals surface area contributed by atoms with Crippen molar-refractivity contribution in [3.05, 3.63) is 29.8 Å². The summed E-state index contributed by atoms with van der Waals surface area (Å²) in [4.78, 5) is 17.0. The number of aryl methyl sites for hydroxylation is 1. The predicted molar refractivity (Wildman–Crippen MR) is 119 cm³/mol. The molecule has 0 aromatic heterocycles. The third kappa shape index (κ3) is 20.3. The van der Waals surface area contributed by atoms with Gasteiger partial charge in [-0.1, -0.05) is 40.0 Å². The molecule has 0 spiro atoms. The van der Waals surface area contributed by atoms with E-state index in [0.29, 0.717) is 0 Å². The van der Waals surface area contributed by atoms with Gasteiger partial charge in [-0.25, -0.2) is 4.57 Å². The maximum atomic E-state index is 10.4. The summed E-state index contributed by atoms with van der Waals surface area (Å²) in [5.41, 5.74) is 1.52. The quantitative estimate of drug-likeness (QED) is 0.192. The Morgan fingerprint density at radius 1 is 0.897 bits per heavy atom. The van der Waals surface area contributed by atoms with E-state index in [1.807, 2.05) is 6.92 Å². The zero-order valence-electron chi connectivity index (χ0n) is 18.7. The Bertz CT molecular complexity index is 530. The summed E-state index contributed by atoms with van der Waals surface area (Å²) in [5, 5.41) is 0. The Labute approximate surface area is 205 Å². The van der Waals surface area contributed by atoms with Gasteiger partial charge in [-0.15, -0.1) is 0 Å². The van der Waals surface area contributed by atoms with Crippen LogP contribution in [0.3, 0.4) is 0 Å². The van der Waals surface area contributed by atoms with E-state index in [4.69, 9.17) is 9.79 Å². The van der Waals surface area contributed by atoms with Crippen LogP contribution in [-0.4, -0.2) is 16.4 Å². The molecule has 1 aromatic carbocycles. The SMILES string of the molecule is CCCCC(CC)COP(=O)(O)O.CCCCCCCCCc1cc[c]([Nd])cc1. The van der Waals surface area contributed by atoms with Crippen LogP contribution in [0.2, 0.25) is 0 Å². The van der Waals surface area contributed by atoms with E-state index in [2.05, 4.69) is 42.6 Å². The molecule has 0 saturated carbocycles. The van der Waals surface area contributed by atoms with Crippen LogP contribution in [0.5, 0.6) is 0 Å². The van der Waals surface area contributed by atoms with Crippen molar-refractivity contribution in [2.45, 2.75) is 97.8 Å². The van der Waals surface area contributed by atoms with Gasteiger partial charge in [-0.3, -0.25) is 4.52 Å². The number of phosphoric ester groups is 1. The van der Waals surface area contributed by atoms with Gasteiger partial charge in [0.2, 0.25) is 0 Å². The number of hydrogen-bond acceptors (Lipinski definition) is 2. The van der Waals surface area contributed by atoms with Crippen LogP contribution in [0.25, 0.3) is 0 Å². The van der Waals surface area contributed by atoms with Gasteiger partial charge in [0, 0.05) is 0 Å². The summed E-state index contributed by atoms with van der Waals surface area (Å²) in [7, 11) is -4.26. The Morgan fingerprint density at radius 3 is 1.97 bits per heavy atom. The molecule has 0 aliphatic rings. The fourth-order valence-corrected chi connectivity index (χ4v) is 4.00. The summed E-state index contributed by atoms with van der Waals surface area (Å²) in [6, 6.07) is 9.17. The van der Waals surface area contributed by atoms with Crippen LogP contribution >= 0.6 is 7.82 Å². The second-order valence-corrected chi connectivity index (χ2v) is 10.9. The van der Waals surface area contributed by atoms with Gasteiger partial charge in [0.25, 0.3) is 0 Å². The fourth-order valence-electron chi connectivity index (χ4n) is 3.06. The first-order chi connectivity index (χ1) is 13.8. The van der Waals surface area contributed by atoms with Crippen LogP contribution < -0.4 is 1.21 Å². The van der Waals surface area contributed by atoms with E-state index < -0.39 is 7.82 Å². The Morgan fingerprint density at radius 2 is 1.45 bits per heavy atom. The molecule has 0 radical (unpaired) electrons. The number of unbranched alkanes of at least 4 members (excludes halogenated alkanes) is 7. The second-order valence-electron chi connectivity index (χ2n) is 7.77. The summed E-state index contributed by atoms with van der Waals surface area (Å²) in [6.45, 7) is 6.54. The van der Waals surface area contributed by atoms with Gasteiger partial charge in [0.05, 0.1) is 6.61 Å². The number of hydrogen-bond donors (Lipinski definition) is 2. The normalized spacial score (nSPS) is 12.3. The molecule has 0 aliphatic carbocycles. The number of phosphoric acid groups is 1. The van der Waals surface area contributed by atoms with E-state index >= 15 is 0 Å². The van der Waals surface area contributed by atoms with Crippen molar-refractivity contribution in [3.63, 3.8) is 0 Å². The summed E-state index contributed by atoms with van der Waals surface area (Å²) >= 11 is 1.18. The minimum absolute atomic E-state index is 0.167. The summed E-state index contributed by atoms with van der Waals surface area (Å²) < 4.78 is 16.3.